The van der Waals surface area contributed by atoms with Crippen molar-refractivity contribution in [1.29, 1.82) is 0 Å². The minimum absolute atomic E-state index is 0.107. The monoisotopic (exact) mass is 392 g/mol. The van der Waals surface area contributed by atoms with Gasteiger partial charge in [0, 0.05) is 24.0 Å². The molecule has 4 nitrogen and oxygen atoms in total. The van der Waals surface area contributed by atoms with Crippen molar-refractivity contribution in [3.8, 4) is 0 Å². The first-order valence-corrected chi connectivity index (χ1v) is 10.6. The molecule has 146 valence electrons. The minimum Gasteiger partial charge on any atom is -0.471 e. The molecule has 0 fully saturated rings. The summed E-state index contributed by atoms with van der Waals surface area (Å²) in [6.45, 7) is 0. The maximum atomic E-state index is 6.26. The van der Waals surface area contributed by atoms with Crippen molar-refractivity contribution in [3.05, 3.63) is 106 Å². The molecule has 2 aliphatic carbocycles. The average molecular weight is 392 g/mol. The lowest BCUT2D eigenvalue weighted by Crippen LogP contribution is -2.15. The summed E-state index contributed by atoms with van der Waals surface area (Å²) in [6.07, 6.45) is 2.06. The molecular formula is C26H20N2O2. The third kappa shape index (κ3) is 2.34. The highest BCUT2D eigenvalue weighted by Crippen LogP contribution is 2.42. The molecule has 4 atom stereocenters. The van der Waals surface area contributed by atoms with Crippen LogP contribution in [0.1, 0.15) is 45.5 Å². The molecule has 0 saturated heterocycles. The Kier molecular flexibility index (Phi) is 3.31. The van der Waals surface area contributed by atoms with Crippen molar-refractivity contribution in [2.24, 2.45) is 9.98 Å². The lowest BCUT2D eigenvalue weighted by Gasteiger charge is -2.11. The van der Waals surface area contributed by atoms with E-state index in [0.717, 1.165) is 35.8 Å². The Bertz CT molecular complexity index is 1150. The van der Waals surface area contributed by atoms with Crippen LogP contribution in [0.4, 0.5) is 0 Å². The summed E-state index contributed by atoms with van der Waals surface area (Å²) >= 11 is 0. The Morgan fingerprint density at radius 1 is 0.600 bits per heavy atom. The van der Waals surface area contributed by atoms with Gasteiger partial charge in [-0.2, -0.15) is 0 Å². The minimum atomic E-state index is 0.107. The first kappa shape index (κ1) is 16.4. The molecule has 0 aromatic heterocycles. The van der Waals surface area contributed by atoms with E-state index in [-0.39, 0.29) is 24.3 Å². The second kappa shape index (κ2) is 6.05. The molecule has 2 heterocycles. The molecule has 0 N–H and O–H groups in total. The Morgan fingerprint density at radius 2 is 1.10 bits per heavy atom. The van der Waals surface area contributed by atoms with Crippen LogP contribution in [0.3, 0.4) is 0 Å². The zero-order chi connectivity index (χ0) is 19.7. The molecule has 0 saturated carbocycles. The van der Waals surface area contributed by atoms with Crippen molar-refractivity contribution in [1.82, 2.24) is 0 Å². The van der Waals surface area contributed by atoms with Gasteiger partial charge in [-0.3, -0.25) is 0 Å². The van der Waals surface area contributed by atoms with Crippen LogP contribution in [-0.2, 0) is 22.3 Å². The molecule has 0 radical (unpaired) electrons. The number of hydrogen-bond donors (Lipinski definition) is 0. The van der Waals surface area contributed by atoms with Gasteiger partial charge in [0.25, 0.3) is 0 Å². The highest BCUT2D eigenvalue weighted by Gasteiger charge is 2.41. The smallest absolute Gasteiger partial charge is 0.217 e. The van der Waals surface area contributed by atoms with Crippen LogP contribution in [0.15, 0.2) is 82.8 Å². The molecule has 0 unspecified atom stereocenters. The highest BCUT2D eigenvalue weighted by molar-refractivity contribution is 6.01. The summed E-state index contributed by atoms with van der Waals surface area (Å²) in [5.41, 5.74) is 7.27. The normalized spacial score (nSPS) is 27.3. The van der Waals surface area contributed by atoms with Gasteiger partial charge < -0.3 is 9.47 Å². The number of nitrogens with zero attached hydrogens (tertiary/aromatic N) is 2. The van der Waals surface area contributed by atoms with Gasteiger partial charge in [-0.25, -0.2) is 9.98 Å². The number of aliphatic imine (C=N–C) groups is 2. The van der Waals surface area contributed by atoms with E-state index in [0.29, 0.717) is 0 Å². The maximum Gasteiger partial charge on any atom is 0.217 e. The van der Waals surface area contributed by atoms with Crippen LogP contribution in [0.2, 0.25) is 0 Å². The fourth-order valence-electron chi connectivity index (χ4n) is 5.26. The molecule has 0 amide bonds. The van der Waals surface area contributed by atoms with Gasteiger partial charge in [0.15, 0.2) is 0 Å². The molecule has 2 aliphatic heterocycles. The molecule has 4 aliphatic rings. The van der Waals surface area contributed by atoms with E-state index in [1.807, 2.05) is 6.07 Å². The lowest BCUT2D eigenvalue weighted by atomic mass is 10.1. The fourth-order valence-corrected chi connectivity index (χ4v) is 5.26. The molecular weight excluding hydrogens is 372 g/mol. The zero-order valence-corrected chi connectivity index (χ0v) is 16.4. The van der Waals surface area contributed by atoms with Gasteiger partial charge in [0.1, 0.15) is 24.3 Å². The first-order valence-electron chi connectivity index (χ1n) is 10.6. The number of benzene rings is 3. The van der Waals surface area contributed by atoms with E-state index in [2.05, 4.69) is 66.7 Å². The van der Waals surface area contributed by atoms with Crippen molar-refractivity contribution in [2.75, 3.05) is 0 Å². The molecule has 4 heteroatoms. The average Bonchev–Trinajstić information content (AvgIpc) is 3.52. The van der Waals surface area contributed by atoms with E-state index < -0.39 is 0 Å². The SMILES string of the molecule is c1cc(C2=N[C@H]3c4ccccc4C[C@H]3O2)cc(C2=N[C@H]3c4ccccc4C[C@H]3O2)c1. The van der Waals surface area contributed by atoms with Crippen LogP contribution in [-0.4, -0.2) is 24.0 Å². The zero-order valence-electron chi connectivity index (χ0n) is 16.4. The van der Waals surface area contributed by atoms with Crippen LogP contribution in [0, 0.1) is 0 Å². The highest BCUT2D eigenvalue weighted by atomic mass is 16.5. The van der Waals surface area contributed by atoms with Crippen molar-refractivity contribution < 1.29 is 9.47 Å². The summed E-state index contributed by atoms with van der Waals surface area (Å²) < 4.78 is 12.5. The van der Waals surface area contributed by atoms with Gasteiger partial charge in [-0.15, -0.1) is 0 Å². The van der Waals surface area contributed by atoms with Crippen LogP contribution >= 0.6 is 0 Å². The number of fused-ring (bicyclic) bond motifs is 6. The van der Waals surface area contributed by atoms with Gasteiger partial charge >= 0.3 is 0 Å². The number of ether oxygens (including phenoxy) is 2. The third-order valence-electron chi connectivity index (χ3n) is 6.69. The van der Waals surface area contributed by atoms with E-state index in [9.17, 15) is 0 Å². The largest absolute Gasteiger partial charge is 0.471 e. The second-order valence-electron chi connectivity index (χ2n) is 8.46. The van der Waals surface area contributed by atoms with Gasteiger partial charge in [0.2, 0.25) is 11.8 Å². The van der Waals surface area contributed by atoms with Crippen molar-refractivity contribution >= 4 is 11.8 Å². The topological polar surface area (TPSA) is 43.2 Å². The van der Waals surface area contributed by atoms with E-state index in [1.165, 1.54) is 22.3 Å². The van der Waals surface area contributed by atoms with Crippen LogP contribution in [0.25, 0.3) is 0 Å². The molecule has 30 heavy (non-hydrogen) atoms. The number of hydrogen-bond acceptors (Lipinski definition) is 4. The predicted molar refractivity (Wildman–Crippen MR) is 115 cm³/mol. The molecule has 3 aromatic rings. The van der Waals surface area contributed by atoms with E-state index >= 15 is 0 Å². The maximum absolute atomic E-state index is 6.26. The summed E-state index contributed by atoms with van der Waals surface area (Å²) in [5, 5.41) is 0. The first-order chi connectivity index (χ1) is 14.8. The van der Waals surface area contributed by atoms with E-state index in [4.69, 9.17) is 19.5 Å². The van der Waals surface area contributed by atoms with Gasteiger partial charge in [-0.1, -0.05) is 54.6 Å². The molecule has 0 spiro atoms. The second-order valence-corrected chi connectivity index (χ2v) is 8.46. The Balaban J connectivity index is 1.20. The molecule has 0 bridgehead atoms. The predicted octanol–water partition coefficient (Wildman–Crippen LogP) is 4.57. The number of rotatable bonds is 2. The summed E-state index contributed by atoms with van der Waals surface area (Å²) in [7, 11) is 0. The van der Waals surface area contributed by atoms with E-state index in [1.54, 1.807) is 0 Å². The Labute approximate surface area is 174 Å². The van der Waals surface area contributed by atoms with Crippen molar-refractivity contribution in [2.45, 2.75) is 37.1 Å². The summed E-state index contributed by atoms with van der Waals surface area (Å²) in [4.78, 5) is 9.86. The molecule has 3 aromatic carbocycles. The molecule has 7 rings (SSSR count). The summed E-state index contributed by atoms with van der Waals surface area (Å²) in [6, 6.07) is 25.5. The van der Waals surface area contributed by atoms with Crippen LogP contribution in [0.5, 0.6) is 0 Å². The fraction of sp³-hybridized carbons (Fsp3) is 0.231. The quantitative estimate of drug-likeness (QED) is 0.641. The Hall–Kier alpha value is -3.40. The Morgan fingerprint density at radius 3 is 1.63 bits per heavy atom. The van der Waals surface area contributed by atoms with Crippen molar-refractivity contribution in [3.63, 3.8) is 0 Å². The van der Waals surface area contributed by atoms with Gasteiger partial charge in [-0.05, 0) is 40.5 Å². The lowest BCUT2D eigenvalue weighted by molar-refractivity contribution is 0.206. The van der Waals surface area contributed by atoms with Gasteiger partial charge in [0.05, 0.1) is 0 Å². The summed E-state index contributed by atoms with van der Waals surface area (Å²) in [5.74, 6) is 1.45. The standard InChI is InChI=1S/C26H20N2O2/c1-3-10-19-15(6-1)13-21-23(19)27-25(29-21)17-8-5-9-18(12-17)26-28-24-20-11-4-2-7-16(20)14-22(24)30-26/h1-12,21-24H,13-14H2/t21-,22-,23+,24+/m1/s1. The van der Waals surface area contributed by atoms with Crippen LogP contribution < -0.4 is 0 Å². The third-order valence-corrected chi connectivity index (χ3v) is 6.69.